The zero-order valence-corrected chi connectivity index (χ0v) is 12.6. The number of alkyl halides is 3. The number of nitrogens with one attached hydrogen (secondary N) is 1. The molecule has 0 saturated carbocycles. The number of aliphatic hydroxyl groups excluding tert-OH is 1. The van der Waals surface area contributed by atoms with E-state index in [9.17, 15) is 23.1 Å². The molecule has 0 bridgehead atoms. The summed E-state index contributed by atoms with van der Waals surface area (Å²) in [5, 5.41) is 11.9. The lowest BCUT2D eigenvalue weighted by Crippen LogP contribution is -2.46. The topological polar surface area (TPSA) is 61.8 Å². The first kappa shape index (κ1) is 17.6. The number of aliphatic hydroxyl groups is 1. The Labute approximate surface area is 132 Å². The van der Waals surface area contributed by atoms with Gasteiger partial charge in [-0.1, -0.05) is 0 Å². The quantitative estimate of drug-likeness (QED) is 0.866. The van der Waals surface area contributed by atoms with Crippen LogP contribution in [0.1, 0.15) is 12.8 Å². The zero-order chi connectivity index (χ0) is 17.0. The molecule has 2 atom stereocenters. The second kappa shape index (κ2) is 7.18. The van der Waals surface area contributed by atoms with Gasteiger partial charge in [-0.3, -0.25) is 9.69 Å². The van der Waals surface area contributed by atoms with E-state index >= 15 is 0 Å². The number of carbonyl (C=O) groups excluding carboxylic acids is 1. The van der Waals surface area contributed by atoms with Crippen molar-refractivity contribution >= 4 is 11.6 Å². The maximum atomic E-state index is 12.5. The van der Waals surface area contributed by atoms with E-state index in [2.05, 4.69) is 5.32 Å². The summed E-state index contributed by atoms with van der Waals surface area (Å²) in [6, 6.07) is 5.99. The lowest BCUT2D eigenvalue weighted by molar-refractivity contribution is -0.208. The Kier molecular flexibility index (Phi) is 5.48. The fourth-order valence-corrected chi connectivity index (χ4v) is 2.57. The number of likely N-dealkylation sites (tertiary alicyclic amines) is 1. The van der Waals surface area contributed by atoms with Gasteiger partial charge in [0, 0.05) is 12.2 Å². The lowest BCUT2D eigenvalue weighted by atomic mass is 10.2. The summed E-state index contributed by atoms with van der Waals surface area (Å²) in [6.45, 7) is -0.238. The largest absolute Gasteiger partial charge is 0.497 e. The SMILES string of the molecule is COc1ccc(NC(=O)[C@H]2CCCN2C[C@@H](O)C(F)(F)F)cc1. The molecule has 0 unspecified atom stereocenters. The van der Waals surface area contributed by atoms with Gasteiger partial charge in [0.15, 0.2) is 6.10 Å². The predicted octanol–water partition coefficient (Wildman–Crippen LogP) is 2.02. The van der Waals surface area contributed by atoms with Crippen LogP contribution in [0.2, 0.25) is 0 Å². The molecule has 5 nitrogen and oxygen atoms in total. The number of hydrogen-bond donors (Lipinski definition) is 2. The highest BCUT2D eigenvalue weighted by Crippen LogP contribution is 2.25. The molecule has 1 aromatic rings. The van der Waals surface area contributed by atoms with Crippen LogP contribution in [0.5, 0.6) is 5.75 Å². The number of amides is 1. The van der Waals surface area contributed by atoms with Gasteiger partial charge in [-0.05, 0) is 43.7 Å². The van der Waals surface area contributed by atoms with Crippen LogP contribution in [0.4, 0.5) is 18.9 Å². The van der Waals surface area contributed by atoms with E-state index in [0.29, 0.717) is 30.8 Å². The minimum absolute atomic E-state index is 0.355. The molecule has 1 heterocycles. The van der Waals surface area contributed by atoms with E-state index in [4.69, 9.17) is 4.74 Å². The molecule has 0 aliphatic carbocycles. The van der Waals surface area contributed by atoms with Crippen LogP contribution >= 0.6 is 0 Å². The van der Waals surface area contributed by atoms with Crippen molar-refractivity contribution in [3.05, 3.63) is 24.3 Å². The summed E-state index contributed by atoms with van der Waals surface area (Å²) >= 11 is 0. The van der Waals surface area contributed by atoms with Crippen molar-refractivity contribution in [3.8, 4) is 5.75 Å². The Morgan fingerprint density at radius 1 is 1.43 bits per heavy atom. The van der Waals surface area contributed by atoms with Crippen LogP contribution < -0.4 is 10.1 Å². The molecule has 1 aliphatic rings. The fraction of sp³-hybridized carbons (Fsp3) is 0.533. The number of carbonyl (C=O) groups is 1. The molecule has 0 radical (unpaired) electrons. The van der Waals surface area contributed by atoms with Gasteiger partial charge in [-0.2, -0.15) is 13.2 Å². The Hall–Kier alpha value is -1.80. The summed E-state index contributed by atoms with van der Waals surface area (Å²) in [7, 11) is 1.52. The lowest BCUT2D eigenvalue weighted by Gasteiger charge is -2.26. The molecule has 1 fully saturated rings. The van der Waals surface area contributed by atoms with Crippen molar-refractivity contribution in [2.24, 2.45) is 0 Å². The molecule has 1 saturated heterocycles. The molecule has 2 N–H and O–H groups in total. The third-order valence-electron chi connectivity index (χ3n) is 3.81. The van der Waals surface area contributed by atoms with E-state index in [1.54, 1.807) is 24.3 Å². The maximum Gasteiger partial charge on any atom is 0.415 e. The van der Waals surface area contributed by atoms with Crippen molar-refractivity contribution in [2.75, 3.05) is 25.5 Å². The zero-order valence-electron chi connectivity index (χ0n) is 12.6. The number of benzene rings is 1. The van der Waals surface area contributed by atoms with Crippen molar-refractivity contribution < 1.29 is 27.8 Å². The Morgan fingerprint density at radius 2 is 2.09 bits per heavy atom. The molecule has 2 rings (SSSR count). The highest BCUT2D eigenvalue weighted by atomic mass is 19.4. The Bertz CT molecular complexity index is 534. The fourth-order valence-electron chi connectivity index (χ4n) is 2.57. The van der Waals surface area contributed by atoms with E-state index in [1.807, 2.05) is 0 Å². The van der Waals surface area contributed by atoms with E-state index in [-0.39, 0.29) is 5.91 Å². The summed E-state index contributed by atoms with van der Waals surface area (Å²) in [5.74, 6) is 0.265. The summed E-state index contributed by atoms with van der Waals surface area (Å²) in [4.78, 5) is 13.6. The van der Waals surface area contributed by atoms with Gasteiger partial charge in [-0.25, -0.2) is 0 Å². The standard InChI is InChI=1S/C15H19F3N2O3/c1-23-11-6-4-10(5-7-11)19-14(22)12-3-2-8-20(12)9-13(21)15(16,17)18/h4-7,12-13,21H,2-3,8-9H2,1H3,(H,19,22)/t12-,13-/m1/s1. The average Bonchev–Trinajstić information content (AvgIpc) is 2.95. The number of hydrogen-bond acceptors (Lipinski definition) is 4. The third-order valence-corrected chi connectivity index (χ3v) is 3.81. The van der Waals surface area contributed by atoms with Crippen LogP contribution in [0.25, 0.3) is 0 Å². The normalized spacial score (nSPS) is 20.3. The van der Waals surface area contributed by atoms with Crippen molar-refractivity contribution in [1.82, 2.24) is 4.90 Å². The van der Waals surface area contributed by atoms with Crippen LogP contribution in [0, 0.1) is 0 Å². The Morgan fingerprint density at radius 3 is 2.65 bits per heavy atom. The summed E-state index contributed by atoms with van der Waals surface area (Å²) in [5.41, 5.74) is 0.541. The number of rotatable bonds is 5. The monoisotopic (exact) mass is 332 g/mol. The minimum atomic E-state index is -4.68. The van der Waals surface area contributed by atoms with Crippen LogP contribution in [0.3, 0.4) is 0 Å². The second-order valence-electron chi connectivity index (χ2n) is 5.43. The van der Waals surface area contributed by atoms with E-state index in [1.165, 1.54) is 12.0 Å². The van der Waals surface area contributed by atoms with Crippen LogP contribution in [-0.2, 0) is 4.79 Å². The first-order chi connectivity index (χ1) is 10.8. The molecule has 23 heavy (non-hydrogen) atoms. The van der Waals surface area contributed by atoms with Crippen LogP contribution in [-0.4, -0.2) is 54.4 Å². The molecule has 1 aromatic carbocycles. The van der Waals surface area contributed by atoms with Crippen molar-refractivity contribution in [3.63, 3.8) is 0 Å². The third kappa shape index (κ3) is 4.59. The first-order valence-corrected chi connectivity index (χ1v) is 7.25. The Balaban J connectivity index is 1.97. The molecule has 0 spiro atoms. The molecular formula is C15H19F3N2O3. The number of nitrogens with zero attached hydrogens (tertiary/aromatic N) is 1. The van der Waals surface area contributed by atoms with Gasteiger partial charge in [0.2, 0.25) is 5.91 Å². The van der Waals surface area contributed by atoms with Crippen molar-refractivity contribution in [1.29, 1.82) is 0 Å². The molecule has 0 aromatic heterocycles. The average molecular weight is 332 g/mol. The number of methoxy groups -OCH3 is 1. The summed E-state index contributed by atoms with van der Waals surface area (Å²) in [6.07, 6.45) is -6.05. The molecular weight excluding hydrogens is 313 g/mol. The molecule has 1 aliphatic heterocycles. The molecule has 128 valence electrons. The highest BCUT2D eigenvalue weighted by molar-refractivity contribution is 5.95. The highest BCUT2D eigenvalue weighted by Gasteiger charge is 2.42. The molecule has 1 amide bonds. The first-order valence-electron chi connectivity index (χ1n) is 7.25. The number of β-amino-alcohol motifs (C(OH)–C–C–N with tert-alkyl or cyclic N) is 1. The van der Waals surface area contributed by atoms with Gasteiger partial charge >= 0.3 is 6.18 Å². The number of ether oxygens (including phenoxy) is 1. The second-order valence-corrected chi connectivity index (χ2v) is 5.43. The van der Waals surface area contributed by atoms with Crippen LogP contribution in [0.15, 0.2) is 24.3 Å². The number of anilines is 1. The van der Waals surface area contributed by atoms with Gasteiger partial charge in [0.25, 0.3) is 0 Å². The predicted molar refractivity (Wildman–Crippen MR) is 78.3 cm³/mol. The van der Waals surface area contributed by atoms with Gasteiger partial charge in [-0.15, -0.1) is 0 Å². The van der Waals surface area contributed by atoms with E-state index < -0.39 is 24.9 Å². The summed E-state index contributed by atoms with van der Waals surface area (Å²) < 4.78 is 42.4. The van der Waals surface area contributed by atoms with Gasteiger partial charge < -0.3 is 15.2 Å². The van der Waals surface area contributed by atoms with Gasteiger partial charge in [0.1, 0.15) is 5.75 Å². The maximum absolute atomic E-state index is 12.5. The number of halogens is 3. The smallest absolute Gasteiger partial charge is 0.415 e. The van der Waals surface area contributed by atoms with Crippen molar-refractivity contribution in [2.45, 2.75) is 31.2 Å². The molecule has 8 heteroatoms. The van der Waals surface area contributed by atoms with E-state index in [0.717, 1.165) is 0 Å². The van der Waals surface area contributed by atoms with Gasteiger partial charge in [0.05, 0.1) is 13.2 Å². The minimum Gasteiger partial charge on any atom is -0.497 e.